The van der Waals surface area contributed by atoms with Crippen molar-refractivity contribution in [3.63, 3.8) is 0 Å². The average molecular weight is 272 g/mol. The van der Waals surface area contributed by atoms with Crippen molar-refractivity contribution in [2.75, 3.05) is 26.8 Å². The summed E-state index contributed by atoms with van der Waals surface area (Å²) in [6.07, 6.45) is 4.54. The normalized spacial score (nSPS) is 18.3. The van der Waals surface area contributed by atoms with Crippen molar-refractivity contribution >= 4 is 23.1 Å². The molecule has 1 aliphatic rings. The van der Waals surface area contributed by atoms with Crippen LogP contribution in [0.5, 0.6) is 0 Å². The second kappa shape index (κ2) is 7.04. The largest absolute Gasteiger partial charge is 0.392 e. The van der Waals surface area contributed by atoms with Crippen LogP contribution >= 0.6 is 12.2 Å². The fourth-order valence-corrected chi connectivity index (χ4v) is 2.64. The molecule has 0 bridgehead atoms. The number of amides is 1. The molecule has 0 aromatic carbocycles. The number of ether oxygens (including phenoxy) is 1. The van der Waals surface area contributed by atoms with Gasteiger partial charge >= 0.3 is 0 Å². The first kappa shape index (κ1) is 15.4. The number of hydrogen-bond acceptors (Lipinski definition) is 3. The van der Waals surface area contributed by atoms with E-state index in [0.29, 0.717) is 31.0 Å². The second-order valence-corrected chi connectivity index (χ2v) is 5.43. The highest BCUT2D eigenvalue weighted by Gasteiger charge is 2.44. The molecule has 18 heavy (non-hydrogen) atoms. The fraction of sp³-hybridized carbons (Fsp3) is 0.846. The minimum atomic E-state index is -0.672. The highest BCUT2D eigenvalue weighted by molar-refractivity contribution is 7.80. The van der Waals surface area contributed by atoms with Crippen molar-refractivity contribution in [3.8, 4) is 0 Å². The summed E-state index contributed by atoms with van der Waals surface area (Å²) < 4.78 is 5.32. The van der Waals surface area contributed by atoms with Crippen LogP contribution in [-0.2, 0) is 9.53 Å². The van der Waals surface area contributed by atoms with Gasteiger partial charge in [0.2, 0.25) is 5.91 Å². The van der Waals surface area contributed by atoms with Gasteiger partial charge in [-0.2, -0.15) is 0 Å². The number of hydrogen-bond donors (Lipinski definition) is 1. The molecule has 0 radical (unpaired) electrons. The first-order chi connectivity index (χ1) is 8.54. The fourth-order valence-electron chi connectivity index (χ4n) is 2.35. The molecule has 0 aliphatic carbocycles. The minimum absolute atomic E-state index is 0.0643. The number of rotatable bonds is 6. The third kappa shape index (κ3) is 3.42. The Morgan fingerprint density at radius 1 is 1.39 bits per heavy atom. The SMILES string of the molecule is CCCCCN(C)C(=O)C1(C(N)=S)CCOCC1. The lowest BCUT2D eigenvalue weighted by molar-refractivity contribution is -0.141. The molecule has 1 heterocycles. The standard InChI is InChI=1S/C13H24N2O2S/c1-3-4-5-8-15(2)12(16)13(11(14)18)6-9-17-10-7-13/h3-10H2,1-2H3,(H2,14,18). The van der Waals surface area contributed by atoms with Crippen LogP contribution < -0.4 is 5.73 Å². The first-order valence-corrected chi connectivity index (χ1v) is 7.08. The summed E-state index contributed by atoms with van der Waals surface area (Å²) in [5, 5.41) is 0. The van der Waals surface area contributed by atoms with E-state index in [1.165, 1.54) is 0 Å². The summed E-state index contributed by atoms with van der Waals surface area (Å²) in [7, 11) is 1.84. The zero-order chi connectivity index (χ0) is 13.6. The number of carbonyl (C=O) groups is 1. The third-order valence-electron chi connectivity index (χ3n) is 3.67. The molecule has 0 saturated carbocycles. The van der Waals surface area contributed by atoms with Crippen LogP contribution in [0.25, 0.3) is 0 Å². The lowest BCUT2D eigenvalue weighted by atomic mass is 9.78. The van der Waals surface area contributed by atoms with Crippen molar-refractivity contribution in [2.45, 2.75) is 39.0 Å². The third-order valence-corrected chi connectivity index (χ3v) is 4.06. The molecule has 1 saturated heterocycles. The molecular weight excluding hydrogens is 248 g/mol. The molecule has 1 rings (SSSR count). The Morgan fingerprint density at radius 2 is 2.00 bits per heavy atom. The van der Waals surface area contributed by atoms with Gasteiger partial charge in [0.05, 0.1) is 4.99 Å². The lowest BCUT2D eigenvalue weighted by Gasteiger charge is -2.37. The summed E-state index contributed by atoms with van der Waals surface area (Å²) in [4.78, 5) is 14.7. The molecule has 5 heteroatoms. The molecule has 0 atom stereocenters. The Hall–Kier alpha value is -0.680. The maximum absolute atomic E-state index is 12.6. The van der Waals surface area contributed by atoms with Gasteiger partial charge in [-0.15, -0.1) is 0 Å². The Bertz CT molecular complexity index is 301. The van der Waals surface area contributed by atoms with E-state index in [0.717, 1.165) is 25.8 Å². The van der Waals surface area contributed by atoms with Crippen molar-refractivity contribution in [3.05, 3.63) is 0 Å². The van der Waals surface area contributed by atoms with Gasteiger partial charge in [-0.1, -0.05) is 32.0 Å². The number of carbonyl (C=O) groups excluding carboxylic acids is 1. The van der Waals surface area contributed by atoms with Crippen LogP contribution in [-0.4, -0.2) is 42.6 Å². The summed E-state index contributed by atoms with van der Waals surface area (Å²) in [6.45, 7) is 4.05. The van der Waals surface area contributed by atoms with Gasteiger partial charge < -0.3 is 15.4 Å². The van der Waals surface area contributed by atoms with Crippen LogP contribution in [0, 0.1) is 5.41 Å². The van der Waals surface area contributed by atoms with Crippen LogP contribution in [0.3, 0.4) is 0 Å². The molecule has 0 aromatic heterocycles. The van der Waals surface area contributed by atoms with E-state index < -0.39 is 5.41 Å². The maximum atomic E-state index is 12.6. The zero-order valence-corrected chi connectivity index (χ0v) is 12.2. The number of nitrogens with two attached hydrogens (primary N) is 1. The predicted octanol–water partition coefficient (Wildman–Crippen LogP) is 1.72. The maximum Gasteiger partial charge on any atom is 0.235 e. The summed E-state index contributed by atoms with van der Waals surface area (Å²) in [6, 6.07) is 0. The molecule has 0 spiro atoms. The molecule has 1 aliphatic heterocycles. The topological polar surface area (TPSA) is 55.6 Å². The van der Waals surface area contributed by atoms with E-state index in [4.69, 9.17) is 22.7 Å². The van der Waals surface area contributed by atoms with Gasteiger partial charge in [-0.05, 0) is 19.3 Å². The summed E-state index contributed by atoms with van der Waals surface area (Å²) >= 11 is 5.13. The molecule has 0 aromatic rings. The van der Waals surface area contributed by atoms with Crippen LogP contribution in [0.2, 0.25) is 0 Å². The van der Waals surface area contributed by atoms with E-state index in [9.17, 15) is 4.79 Å². The highest BCUT2D eigenvalue weighted by atomic mass is 32.1. The predicted molar refractivity (Wildman–Crippen MR) is 76.4 cm³/mol. The van der Waals surface area contributed by atoms with Crippen molar-refractivity contribution < 1.29 is 9.53 Å². The average Bonchev–Trinajstić information content (AvgIpc) is 2.38. The summed E-state index contributed by atoms with van der Waals surface area (Å²) in [5.41, 5.74) is 5.15. The quantitative estimate of drug-likeness (QED) is 0.591. The lowest BCUT2D eigenvalue weighted by Crippen LogP contribution is -2.52. The van der Waals surface area contributed by atoms with Gasteiger partial charge in [0, 0.05) is 26.8 Å². The van der Waals surface area contributed by atoms with E-state index in [1.807, 2.05) is 7.05 Å². The van der Waals surface area contributed by atoms with Crippen molar-refractivity contribution in [2.24, 2.45) is 11.1 Å². The molecule has 1 fully saturated rings. The van der Waals surface area contributed by atoms with Crippen LogP contribution in [0.4, 0.5) is 0 Å². The van der Waals surface area contributed by atoms with E-state index >= 15 is 0 Å². The smallest absolute Gasteiger partial charge is 0.235 e. The van der Waals surface area contributed by atoms with E-state index in [2.05, 4.69) is 6.92 Å². The molecule has 1 amide bonds. The molecule has 104 valence electrons. The van der Waals surface area contributed by atoms with Crippen LogP contribution in [0.1, 0.15) is 39.0 Å². The number of thiocarbonyl (C=S) groups is 1. The van der Waals surface area contributed by atoms with Gasteiger partial charge in [-0.25, -0.2) is 0 Å². The number of nitrogens with zero attached hydrogens (tertiary/aromatic N) is 1. The molecule has 4 nitrogen and oxygen atoms in total. The van der Waals surface area contributed by atoms with E-state index in [-0.39, 0.29) is 5.91 Å². The van der Waals surface area contributed by atoms with Gasteiger partial charge in [0.25, 0.3) is 0 Å². The van der Waals surface area contributed by atoms with Gasteiger partial charge in [0.15, 0.2) is 0 Å². The summed E-state index contributed by atoms with van der Waals surface area (Å²) in [5.74, 6) is 0.0643. The molecule has 2 N–H and O–H groups in total. The Labute approximate surface area is 115 Å². The van der Waals surface area contributed by atoms with Crippen molar-refractivity contribution in [1.29, 1.82) is 0 Å². The Kier molecular flexibility index (Phi) is 6.02. The first-order valence-electron chi connectivity index (χ1n) is 6.68. The highest BCUT2D eigenvalue weighted by Crippen LogP contribution is 2.33. The van der Waals surface area contributed by atoms with Crippen molar-refractivity contribution in [1.82, 2.24) is 4.90 Å². The van der Waals surface area contributed by atoms with E-state index in [1.54, 1.807) is 4.90 Å². The second-order valence-electron chi connectivity index (χ2n) is 4.99. The Morgan fingerprint density at radius 3 is 2.50 bits per heavy atom. The van der Waals surface area contributed by atoms with Gasteiger partial charge in [-0.3, -0.25) is 4.79 Å². The van der Waals surface area contributed by atoms with Gasteiger partial charge in [0.1, 0.15) is 5.41 Å². The number of unbranched alkanes of at least 4 members (excludes halogenated alkanes) is 2. The monoisotopic (exact) mass is 272 g/mol. The molecule has 0 unspecified atom stereocenters. The van der Waals surface area contributed by atoms with Crippen LogP contribution in [0.15, 0.2) is 0 Å². The minimum Gasteiger partial charge on any atom is -0.392 e. The molecular formula is C13H24N2O2S. The Balaban J connectivity index is 2.67. The zero-order valence-electron chi connectivity index (χ0n) is 11.4.